The van der Waals surface area contributed by atoms with E-state index in [1.807, 2.05) is 32.0 Å². The Hall–Kier alpha value is -1.39. The van der Waals surface area contributed by atoms with Crippen LogP contribution >= 0.6 is 11.6 Å². The van der Waals surface area contributed by atoms with Crippen molar-refractivity contribution in [2.75, 3.05) is 0 Å². The normalized spacial score (nSPS) is 19.6. The number of hydrogen-bond acceptors (Lipinski definition) is 3. The van der Waals surface area contributed by atoms with Crippen molar-refractivity contribution in [2.24, 2.45) is 0 Å². The van der Waals surface area contributed by atoms with Crippen LogP contribution in [0.15, 0.2) is 24.3 Å². The predicted molar refractivity (Wildman–Crippen MR) is 73.7 cm³/mol. The number of rotatable bonds is 4. The van der Waals surface area contributed by atoms with Crippen LogP contribution in [0.1, 0.15) is 25.8 Å². The summed E-state index contributed by atoms with van der Waals surface area (Å²) in [7, 11) is 0. The first kappa shape index (κ1) is 14.0. The van der Waals surface area contributed by atoms with E-state index >= 15 is 0 Å². The zero-order valence-corrected chi connectivity index (χ0v) is 11.8. The van der Waals surface area contributed by atoms with Crippen molar-refractivity contribution in [3.8, 4) is 0 Å². The van der Waals surface area contributed by atoms with Gasteiger partial charge in [-0.15, -0.1) is 0 Å². The van der Waals surface area contributed by atoms with E-state index in [1.54, 1.807) is 6.07 Å². The van der Waals surface area contributed by atoms with Gasteiger partial charge >= 0.3 is 0 Å². The number of benzene rings is 1. The minimum absolute atomic E-state index is 0.0906. The van der Waals surface area contributed by atoms with Crippen LogP contribution in [0.5, 0.6) is 0 Å². The number of carbonyl (C=O) groups is 2. The molecule has 0 aromatic heterocycles. The third kappa shape index (κ3) is 2.96. The lowest BCUT2D eigenvalue weighted by atomic mass is 10.2. The Morgan fingerprint density at radius 1 is 1.37 bits per heavy atom. The zero-order chi connectivity index (χ0) is 14.0. The molecule has 1 atom stereocenters. The number of nitrogens with zero attached hydrogens (tertiary/aromatic N) is 1. The Kier molecular flexibility index (Phi) is 4.22. The highest BCUT2D eigenvalue weighted by molar-refractivity contribution is 6.31. The number of imide groups is 1. The molecule has 102 valence electrons. The Bertz CT molecular complexity index is 502. The molecule has 1 aliphatic rings. The van der Waals surface area contributed by atoms with Crippen molar-refractivity contribution in [1.82, 2.24) is 10.2 Å². The lowest BCUT2D eigenvalue weighted by Gasteiger charge is -2.19. The summed E-state index contributed by atoms with van der Waals surface area (Å²) in [5, 5.41) is 3.77. The highest BCUT2D eigenvalue weighted by atomic mass is 35.5. The molecule has 0 aliphatic carbocycles. The second kappa shape index (κ2) is 5.72. The third-order valence-electron chi connectivity index (χ3n) is 3.20. The standard InChI is InChI=1S/C14H17ClN2O2/c1-9(2)17-13(18)7-12(14(17)19)16-8-10-5-3-4-6-11(10)15/h3-6,9,12,16H,7-8H2,1-2H3. The summed E-state index contributed by atoms with van der Waals surface area (Å²) in [5.41, 5.74) is 0.924. The van der Waals surface area contributed by atoms with Gasteiger partial charge < -0.3 is 5.32 Å². The molecule has 2 amide bonds. The quantitative estimate of drug-likeness (QED) is 0.858. The molecule has 1 fully saturated rings. The van der Waals surface area contributed by atoms with Gasteiger partial charge in [0, 0.05) is 17.6 Å². The van der Waals surface area contributed by atoms with Crippen molar-refractivity contribution in [2.45, 2.75) is 38.9 Å². The first-order chi connectivity index (χ1) is 9.00. The summed E-state index contributed by atoms with van der Waals surface area (Å²) >= 11 is 6.05. The van der Waals surface area contributed by atoms with Gasteiger partial charge in [0.05, 0.1) is 12.5 Å². The average Bonchev–Trinajstić information content (AvgIpc) is 2.63. The molecule has 2 rings (SSSR count). The summed E-state index contributed by atoms with van der Waals surface area (Å²) in [6.07, 6.45) is 0.224. The van der Waals surface area contributed by atoms with E-state index in [0.717, 1.165) is 5.56 Å². The summed E-state index contributed by atoms with van der Waals surface area (Å²) < 4.78 is 0. The van der Waals surface area contributed by atoms with Gasteiger partial charge in [-0.05, 0) is 25.5 Å². The maximum Gasteiger partial charge on any atom is 0.247 e. The van der Waals surface area contributed by atoms with E-state index in [9.17, 15) is 9.59 Å². The van der Waals surface area contributed by atoms with Crippen LogP contribution < -0.4 is 5.32 Å². The fourth-order valence-corrected chi connectivity index (χ4v) is 2.43. The smallest absolute Gasteiger partial charge is 0.247 e. The van der Waals surface area contributed by atoms with Crippen molar-refractivity contribution in [3.05, 3.63) is 34.9 Å². The van der Waals surface area contributed by atoms with Gasteiger partial charge in [-0.2, -0.15) is 0 Å². The van der Waals surface area contributed by atoms with E-state index in [1.165, 1.54) is 4.90 Å². The molecule has 1 aromatic carbocycles. The molecule has 0 spiro atoms. The Labute approximate surface area is 117 Å². The van der Waals surface area contributed by atoms with Crippen molar-refractivity contribution < 1.29 is 9.59 Å². The number of nitrogens with one attached hydrogen (secondary N) is 1. The fraction of sp³-hybridized carbons (Fsp3) is 0.429. The minimum atomic E-state index is -0.439. The number of amides is 2. The van der Waals surface area contributed by atoms with Crippen LogP contribution in [0, 0.1) is 0 Å². The second-order valence-electron chi connectivity index (χ2n) is 4.92. The third-order valence-corrected chi connectivity index (χ3v) is 3.56. The SMILES string of the molecule is CC(C)N1C(=O)CC(NCc2ccccc2Cl)C1=O. The molecule has 1 unspecified atom stereocenters. The summed E-state index contributed by atoms with van der Waals surface area (Å²) in [6.45, 7) is 4.16. The van der Waals surface area contributed by atoms with E-state index in [-0.39, 0.29) is 24.3 Å². The lowest BCUT2D eigenvalue weighted by Crippen LogP contribution is -2.41. The van der Waals surface area contributed by atoms with Crippen molar-refractivity contribution in [1.29, 1.82) is 0 Å². The van der Waals surface area contributed by atoms with Crippen molar-refractivity contribution >= 4 is 23.4 Å². The summed E-state index contributed by atoms with van der Waals surface area (Å²) in [6, 6.07) is 6.93. The first-order valence-electron chi connectivity index (χ1n) is 6.33. The molecule has 1 N–H and O–H groups in total. The Morgan fingerprint density at radius 3 is 2.63 bits per heavy atom. The average molecular weight is 281 g/mol. The monoisotopic (exact) mass is 280 g/mol. The maximum absolute atomic E-state index is 12.1. The van der Waals surface area contributed by atoms with E-state index in [2.05, 4.69) is 5.32 Å². The van der Waals surface area contributed by atoms with Gasteiger partial charge in [-0.1, -0.05) is 29.8 Å². The molecule has 0 saturated carbocycles. The molecule has 0 radical (unpaired) electrons. The minimum Gasteiger partial charge on any atom is -0.301 e. The largest absolute Gasteiger partial charge is 0.301 e. The second-order valence-corrected chi connectivity index (χ2v) is 5.33. The van der Waals surface area contributed by atoms with Gasteiger partial charge in [-0.25, -0.2) is 0 Å². The summed E-state index contributed by atoms with van der Waals surface area (Å²) in [4.78, 5) is 25.2. The maximum atomic E-state index is 12.1. The molecule has 1 aliphatic heterocycles. The molecule has 0 bridgehead atoms. The Morgan fingerprint density at radius 2 is 2.05 bits per heavy atom. The van der Waals surface area contributed by atoms with Crippen LogP contribution in [-0.2, 0) is 16.1 Å². The molecule has 1 saturated heterocycles. The molecule has 4 nitrogen and oxygen atoms in total. The fourth-order valence-electron chi connectivity index (χ4n) is 2.23. The van der Waals surface area contributed by atoms with E-state index in [0.29, 0.717) is 11.6 Å². The topological polar surface area (TPSA) is 49.4 Å². The number of likely N-dealkylation sites (tertiary alicyclic amines) is 1. The number of halogens is 1. The van der Waals surface area contributed by atoms with E-state index in [4.69, 9.17) is 11.6 Å². The van der Waals surface area contributed by atoms with Crippen LogP contribution in [0.25, 0.3) is 0 Å². The molecular weight excluding hydrogens is 264 g/mol. The van der Waals surface area contributed by atoms with Crippen LogP contribution in [-0.4, -0.2) is 28.8 Å². The van der Waals surface area contributed by atoms with Crippen LogP contribution in [0.3, 0.4) is 0 Å². The van der Waals surface area contributed by atoms with Gasteiger partial charge in [0.15, 0.2) is 0 Å². The molecule has 19 heavy (non-hydrogen) atoms. The van der Waals surface area contributed by atoms with Crippen molar-refractivity contribution in [3.63, 3.8) is 0 Å². The molecule has 1 heterocycles. The molecule has 1 aromatic rings. The summed E-state index contributed by atoms with van der Waals surface area (Å²) in [5.74, 6) is -0.260. The van der Waals surface area contributed by atoms with Crippen LogP contribution in [0.2, 0.25) is 5.02 Å². The number of carbonyl (C=O) groups excluding carboxylic acids is 2. The highest BCUT2D eigenvalue weighted by Gasteiger charge is 2.39. The number of hydrogen-bond donors (Lipinski definition) is 1. The van der Waals surface area contributed by atoms with Crippen LogP contribution in [0.4, 0.5) is 0 Å². The Balaban J connectivity index is 2.00. The van der Waals surface area contributed by atoms with Gasteiger partial charge in [0.25, 0.3) is 0 Å². The van der Waals surface area contributed by atoms with Gasteiger partial charge in [-0.3, -0.25) is 14.5 Å². The molecular formula is C14H17ClN2O2. The van der Waals surface area contributed by atoms with E-state index < -0.39 is 6.04 Å². The van der Waals surface area contributed by atoms with Gasteiger partial charge in [0.1, 0.15) is 0 Å². The first-order valence-corrected chi connectivity index (χ1v) is 6.71. The molecule has 5 heteroatoms. The lowest BCUT2D eigenvalue weighted by molar-refractivity contribution is -0.140. The van der Waals surface area contributed by atoms with Gasteiger partial charge in [0.2, 0.25) is 11.8 Å². The predicted octanol–water partition coefficient (Wildman–Crippen LogP) is 1.97. The zero-order valence-electron chi connectivity index (χ0n) is 11.0. The highest BCUT2D eigenvalue weighted by Crippen LogP contribution is 2.18.